The molecule has 0 radical (unpaired) electrons. The van der Waals surface area contributed by atoms with E-state index >= 15 is 0 Å². The third-order valence-electron chi connectivity index (χ3n) is 7.18. The van der Waals surface area contributed by atoms with E-state index in [0.29, 0.717) is 16.9 Å². The highest BCUT2D eigenvalue weighted by molar-refractivity contribution is 8.00. The molecular weight excluding hydrogens is 558 g/mol. The fourth-order valence-electron chi connectivity index (χ4n) is 4.92. The number of nitrogens with one attached hydrogen (secondary N) is 2. The number of rotatable bonds is 8. The van der Waals surface area contributed by atoms with Crippen LogP contribution in [0.5, 0.6) is 0 Å². The summed E-state index contributed by atoms with van der Waals surface area (Å²) in [4.78, 5) is 54.5. The predicted octanol–water partition coefficient (Wildman–Crippen LogP) is 6.45. The van der Waals surface area contributed by atoms with Gasteiger partial charge in [-0.1, -0.05) is 60.7 Å². The smallest absolute Gasteiger partial charge is 0.272 e. The molecular formula is C35H31N3O4S. The fourth-order valence-corrected chi connectivity index (χ4v) is 5.97. The second kappa shape index (κ2) is 12.9. The summed E-state index contributed by atoms with van der Waals surface area (Å²) >= 11 is 1.32. The molecule has 0 aliphatic carbocycles. The molecule has 43 heavy (non-hydrogen) atoms. The van der Waals surface area contributed by atoms with Crippen molar-refractivity contribution in [2.45, 2.75) is 37.3 Å². The van der Waals surface area contributed by atoms with Gasteiger partial charge in [-0.25, -0.2) is 4.90 Å². The molecule has 4 aromatic carbocycles. The summed E-state index contributed by atoms with van der Waals surface area (Å²) in [6, 6.07) is 29.0. The summed E-state index contributed by atoms with van der Waals surface area (Å²) in [6.45, 7) is 5.72. The van der Waals surface area contributed by atoms with Crippen LogP contribution in [-0.2, 0) is 14.4 Å². The van der Waals surface area contributed by atoms with E-state index in [1.54, 1.807) is 54.6 Å². The highest BCUT2D eigenvalue weighted by atomic mass is 32.2. The zero-order valence-corrected chi connectivity index (χ0v) is 24.9. The molecule has 4 aromatic rings. The van der Waals surface area contributed by atoms with Crippen molar-refractivity contribution in [3.63, 3.8) is 0 Å². The van der Waals surface area contributed by atoms with Gasteiger partial charge in [0.2, 0.25) is 11.8 Å². The highest BCUT2D eigenvalue weighted by Gasteiger charge is 2.41. The van der Waals surface area contributed by atoms with Gasteiger partial charge in [-0.15, -0.1) is 11.8 Å². The monoisotopic (exact) mass is 589 g/mol. The topological polar surface area (TPSA) is 95.6 Å². The molecule has 1 aliphatic heterocycles. The maximum Gasteiger partial charge on any atom is 0.272 e. The van der Waals surface area contributed by atoms with Gasteiger partial charge in [0.25, 0.3) is 11.8 Å². The Balaban J connectivity index is 1.30. The SMILES string of the molecule is Cc1ccccc1/C=C(\NC(=O)c1ccccc1)C(=O)Nc1ccc(SC2CC(=O)N(c3c(C)cccc3C)C2=O)cc1. The van der Waals surface area contributed by atoms with Gasteiger partial charge in [-0.05, 0) is 85.5 Å². The van der Waals surface area contributed by atoms with Gasteiger partial charge < -0.3 is 10.6 Å². The van der Waals surface area contributed by atoms with E-state index in [1.165, 1.54) is 16.7 Å². The molecule has 0 saturated carbocycles. The van der Waals surface area contributed by atoms with E-state index in [9.17, 15) is 19.2 Å². The minimum Gasteiger partial charge on any atom is -0.321 e. The Bertz CT molecular complexity index is 1710. The van der Waals surface area contributed by atoms with E-state index in [2.05, 4.69) is 10.6 Å². The van der Waals surface area contributed by atoms with E-state index < -0.39 is 17.1 Å². The molecule has 0 aromatic heterocycles. The van der Waals surface area contributed by atoms with Gasteiger partial charge in [0.15, 0.2) is 0 Å². The van der Waals surface area contributed by atoms with Gasteiger partial charge in [0, 0.05) is 22.6 Å². The van der Waals surface area contributed by atoms with Crippen molar-refractivity contribution in [1.82, 2.24) is 5.32 Å². The van der Waals surface area contributed by atoms with Crippen molar-refractivity contribution >= 4 is 52.8 Å². The minimum absolute atomic E-state index is 0.100. The predicted molar refractivity (Wildman–Crippen MR) is 171 cm³/mol. The Hall–Kier alpha value is -4.95. The molecule has 4 amide bonds. The molecule has 1 unspecified atom stereocenters. The number of para-hydroxylation sites is 1. The summed E-state index contributed by atoms with van der Waals surface area (Å²) in [5, 5.41) is 5.07. The lowest BCUT2D eigenvalue weighted by Crippen LogP contribution is -2.32. The van der Waals surface area contributed by atoms with Crippen molar-refractivity contribution in [1.29, 1.82) is 0 Å². The Kier molecular flexibility index (Phi) is 8.87. The van der Waals surface area contributed by atoms with E-state index in [4.69, 9.17) is 0 Å². The lowest BCUT2D eigenvalue weighted by Gasteiger charge is -2.19. The van der Waals surface area contributed by atoms with Crippen LogP contribution < -0.4 is 15.5 Å². The number of carbonyl (C=O) groups is 4. The number of thioether (sulfide) groups is 1. The number of aryl methyl sites for hydroxylation is 3. The number of hydrogen-bond donors (Lipinski definition) is 2. The van der Waals surface area contributed by atoms with E-state index in [1.807, 2.05) is 69.3 Å². The van der Waals surface area contributed by atoms with Gasteiger partial charge in [-0.3, -0.25) is 19.2 Å². The van der Waals surface area contributed by atoms with Crippen molar-refractivity contribution in [2.75, 3.05) is 10.2 Å². The normalized spacial score (nSPS) is 15.0. The van der Waals surface area contributed by atoms with Crippen LogP contribution in [-0.4, -0.2) is 28.9 Å². The summed E-state index contributed by atoms with van der Waals surface area (Å²) in [5.74, 6) is -1.32. The van der Waals surface area contributed by atoms with Gasteiger partial charge in [0.1, 0.15) is 5.70 Å². The van der Waals surface area contributed by atoms with E-state index in [-0.39, 0.29) is 23.9 Å². The number of anilines is 2. The van der Waals surface area contributed by atoms with Crippen LogP contribution in [0.2, 0.25) is 0 Å². The average molecular weight is 590 g/mol. The Morgan fingerprint density at radius 2 is 1.42 bits per heavy atom. The van der Waals surface area contributed by atoms with Gasteiger partial charge >= 0.3 is 0 Å². The first-order valence-corrected chi connectivity index (χ1v) is 14.7. The molecule has 5 rings (SSSR count). The quantitative estimate of drug-likeness (QED) is 0.182. The molecule has 216 valence electrons. The number of imide groups is 1. The van der Waals surface area contributed by atoms with Crippen LogP contribution in [0.4, 0.5) is 11.4 Å². The van der Waals surface area contributed by atoms with Crippen molar-refractivity contribution in [3.05, 3.63) is 131 Å². The molecule has 0 bridgehead atoms. The van der Waals surface area contributed by atoms with Crippen molar-refractivity contribution in [2.24, 2.45) is 0 Å². The van der Waals surface area contributed by atoms with Crippen molar-refractivity contribution in [3.8, 4) is 0 Å². The molecule has 7 nitrogen and oxygen atoms in total. The van der Waals surface area contributed by atoms with Crippen molar-refractivity contribution < 1.29 is 19.2 Å². The maximum atomic E-state index is 13.4. The minimum atomic E-state index is -0.538. The molecule has 1 aliphatic rings. The number of benzene rings is 4. The van der Waals surface area contributed by atoms with Crippen LogP contribution in [0.3, 0.4) is 0 Å². The number of carbonyl (C=O) groups excluding carboxylic acids is 4. The Morgan fingerprint density at radius 1 is 0.791 bits per heavy atom. The summed E-state index contributed by atoms with van der Waals surface area (Å²) < 4.78 is 0. The van der Waals surface area contributed by atoms with Crippen LogP contribution in [0.1, 0.15) is 39.0 Å². The Morgan fingerprint density at radius 3 is 2.09 bits per heavy atom. The lowest BCUT2D eigenvalue weighted by molar-refractivity contribution is -0.121. The third-order valence-corrected chi connectivity index (χ3v) is 8.37. The summed E-state index contributed by atoms with van der Waals surface area (Å²) in [7, 11) is 0. The highest BCUT2D eigenvalue weighted by Crippen LogP contribution is 2.36. The number of nitrogens with zero attached hydrogens (tertiary/aromatic N) is 1. The molecule has 1 heterocycles. The van der Waals surface area contributed by atoms with Crippen LogP contribution in [0.15, 0.2) is 108 Å². The first-order valence-electron chi connectivity index (χ1n) is 13.9. The second-order valence-corrected chi connectivity index (χ2v) is 11.6. The molecule has 2 N–H and O–H groups in total. The largest absolute Gasteiger partial charge is 0.321 e. The third kappa shape index (κ3) is 6.76. The molecule has 1 atom stereocenters. The van der Waals surface area contributed by atoms with Crippen LogP contribution in [0, 0.1) is 20.8 Å². The molecule has 8 heteroatoms. The first-order chi connectivity index (χ1) is 20.7. The zero-order valence-electron chi connectivity index (χ0n) is 24.1. The molecule has 1 saturated heterocycles. The number of amides is 4. The molecule has 0 spiro atoms. The second-order valence-electron chi connectivity index (χ2n) is 10.3. The van der Waals surface area contributed by atoms with E-state index in [0.717, 1.165) is 27.1 Å². The summed E-state index contributed by atoms with van der Waals surface area (Å²) in [5.41, 5.74) is 5.23. The number of hydrogen-bond acceptors (Lipinski definition) is 5. The lowest BCUT2D eigenvalue weighted by atomic mass is 10.1. The summed E-state index contributed by atoms with van der Waals surface area (Å²) in [6.07, 6.45) is 1.77. The standard InChI is InChI=1S/C35H31N3O4S/c1-22-10-7-8-15-26(22)20-29(37-33(40)25-13-5-4-6-14-25)34(41)36-27-16-18-28(19-17-27)43-30-21-31(39)38(35(30)42)32-23(2)11-9-12-24(32)3/h4-20,30H,21H2,1-3H3,(H,36,41)(H,37,40)/b29-20-. The maximum absolute atomic E-state index is 13.4. The zero-order chi connectivity index (χ0) is 30.5. The van der Waals surface area contributed by atoms with Crippen LogP contribution >= 0.6 is 11.8 Å². The Labute approximate surface area is 255 Å². The average Bonchev–Trinajstić information content (AvgIpc) is 3.27. The first kappa shape index (κ1) is 29.5. The fraction of sp³-hybridized carbons (Fsp3) is 0.143. The molecule has 1 fully saturated rings. The van der Waals surface area contributed by atoms with Gasteiger partial charge in [-0.2, -0.15) is 0 Å². The van der Waals surface area contributed by atoms with Gasteiger partial charge in [0.05, 0.1) is 10.9 Å². The van der Waals surface area contributed by atoms with Crippen LogP contribution in [0.25, 0.3) is 6.08 Å².